The molecule has 0 heterocycles. The Balaban J connectivity index is 2.87. The predicted molar refractivity (Wildman–Crippen MR) is 57.3 cm³/mol. The second kappa shape index (κ2) is 5.11. The van der Waals surface area contributed by atoms with Crippen molar-refractivity contribution in [2.75, 3.05) is 0 Å². The number of amides is 1. The third kappa shape index (κ3) is 2.95. The number of benzene rings is 1. The first-order valence-electron chi connectivity index (χ1n) is 4.77. The van der Waals surface area contributed by atoms with Crippen LogP contribution >= 0.6 is 0 Å². The Morgan fingerprint density at radius 2 is 1.69 bits per heavy atom. The van der Waals surface area contributed by atoms with E-state index >= 15 is 0 Å². The standard InChI is InChI=1S/C12H13NO3/c1-8(2)10(12(15)16)13-11(14)9-6-4-3-5-7-9/h3-7H,1-2H3,(H,13,14)(H,15,16)/p-1. The lowest BCUT2D eigenvalue weighted by Crippen LogP contribution is -2.36. The average molecular weight is 218 g/mol. The van der Waals surface area contributed by atoms with Crippen LogP contribution in [-0.4, -0.2) is 11.9 Å². The van der Waals surface area contributed by atoms with Crippen LogP contribution in [0.3, 0.4) is 0 Å². The maximum atomic E-state index is 11.6. The number of hydrogen-bond donors (Lipinski definition) is 1. The fourth-order valence-corrected chi connectivity index (χ4v) is 1.16. The molecule has 1 aromatic rings. The molecule has 0 radical (unpaired) electrons. The van der Waals surface area contributed by atoms with Gasteiger partial charge in [0.05, 0.1) is 11.7 Å². The van der Waals surface area contributed by atoms with Crippen LogP contribution in [0.1, 0.15) is 24.2 Å². The Bertz CT molecular complexity index is 431. The second-order valence-electron chi connectivity index (χ2n) is 3.48. The number of carboxylic acids is 1. The van der Waals surface area contributed by atoms with E-state index in [2.05, 4.69) is 5.32 Å². The lowest BCUT2D eigenvalue weighted by atomic mass is 10.2. The molecule has 0 aliphatic rings. The van der Waals surface area contributed by atoms with Gasteiger partial charge in [-0.25, -0.2) is 0 Å². The predicted octanol–water partition coefficient (Wildman–Crippen LogP) is 0.460. The highest BCUT2D eigenvalue weighted by Gasteiger charge is 2.08. The lowest BCUT2D eigenvalue weighted by molar-refractivity contribution is -0.299. The van der Waals surface area contributed by atoms with Gasteiger partial charge in [0.25, 0.3) is 5.91 Å². The number of carboxylic acid groups (broad SMARTS) is 1. The van der Waals surface area contributed by atoms with Gasteiger partial charge in [-0.05, 0) is 26.0 Å². The Hall–Kier alpha value is -2.10. The first-order chi connectivity index (χ1) is 7.52. The molecule has 16 heavy (non-hydrogen) atoms. The van der Waals surface area contributed by atoms with Crippen molar-refractivity contribution in [1.82, 2.24) is 5.32 Å². The SMILES string of the molecule is CC(C)=C(NC(=O)c1ccccc1)C(=O)[O-]. The number of allylic oxidation sites excluding steroid dienone is 1. The van der Waals surface area contributed by atoms with Crippen LogP contribution in [0.2, 0.25) is 0 Å². The summed E-state index contributed by atoms with van der Waals surface area (Å²) in [6.45, 7) is 3.19. The maximum absolute atomic E-state index is 11.6. The largest absolute Gasteiger partial charge is 0.543 e. The Morgan fingerprint density at radius 3 is 2.12 bits per heavy atom. The summed E-state index contributed by atoms with van der Waals surface area (Å²) in [5.41, 5.74) is 0.709. The number of aliphatic carboxylic acids is 1. The minimum Gasteiger partial charge on any atom is -0.543 e. The molecule has 1 amide bonds. The molecule has 0 saturated heterocycles. The minimum atomic E-state index is -1.38. The average Bonchev–Trinajstić information content (AvgIpc) is 2.25. The Morgan fingerprint density at radius 1 is 1.12 bits per heavy atom. The molecule has 0 bridgehead atoms. The molecule has 4 nitrogen and oxygen atoms in total. The van der Waals surface area contributed by atoms with Crippen molar-refractivity contribution >= 4 is 11.9 Å². The van der Waals surface area contributed by atoms with E-state index in [1.165, 1.54) is 0 Å². The summed E-state index contributed by atoms with van der Waals surface area (Å²) in [6.07, 6.45) is 0. The molecule has 0 spiro atoms. The van der Waals surface area contributed by atoms with Gasteiger partial charge in [0.2, 0.25) is 0 Å². The van der Waals surface area contributed by atoms with Gasteiger partial charge in [-0.2, -0.15) is 0 Å². The summed E-state index contributed by atoms with van der Waals surface area (Å²) in [4.78, 5) is 22.4. The fraction of sp³-hybridized carbons (Fsp3) is 0.167. The second-order valence-corrected chi connectivity index (χ2v) is 3.48. The van der Waals surface area contributed by atoms with Crippen LogP contribution in [0.15, 0.2) is 41.6 Å². The molecule has 0 fully saturated rings. The van der Waals surface area contributed by atoms with Crippen molar-refractivity contribution in [2.45, 2.75) is 13.8 Å². The molecular weight excluding hydrogens is 206 g/mol. The van der Waals surface area contributed by atoms with E-state index in [1.807, 2.05) is 0 Å². The zero-order valence-electron chi connectivity index (χ0n) is 9.11. The topological polar surface area (TPSA) is 69.2 Å². The first-order valence-corrected chi connectivity index (χ1v) is 4.77. The normalized spacial score (nSPS) is 9.38. The van der Waals surface area contributed by atoms with Crippen molar-refractivity contribution in [3.8, 4) is 0 Å². The minimum absolute atomic E-state index is 0.186. The van der Waals surface area contributed by atoms with Crippen LogP contribution < -0.4 is 10.4 Å². The summed E-state index contributed by atoms with van der Waals surface area (Å²) >= 11 is 0. The van der Waals surface area contributed by atoms with E-state index in [0.717, 1.165) is 0 Å². The third-order valence-electron chi connectivity index (χ3n) is 1.98. The monoisotopic (exact) mass is 218 g/mol. The van der Waals surface area contributed by atoms with Crippen LogP contribution in [0.4, 0.5) is 0 Å². The summed E-state index contributed by atoms with van der Waals surface area (Å²) in [5.74, 6) is -1.84. The van der Waals surface area contributed by atoms with E-state index in [9.17, 15) is 14.7 Å². The molecule has 0 aromatic heterocycles. The van der Waals surface area contributed by atoms with Crippen LogP contribution in [0.5, 0.6) is 0 Å². The lowest BCUT2D eigenvalue weighted by Gasteiger charge is -2.12. The number of carbonyl (C=O) groups excluding carboxylic acids is 2. The van der Waals surface area contributed by atoms with Gasteiger partial charge in [0.15, 0.2) is 0 Å². The third-order valence-corrected chi connectivity index (χ3v) is 1.98. The molecule has 1 aromatic carbocycles. The van der Waals surface area contributed by atoms with Crippen molar-refractivity contribution in [3.63, 3.8) is 0 Å². The van der Waals surface area contributed by atoms with Gasteiger partial charge in [-0.3, -0.25) is 4.79 Å². The van der Waals surface area contributed by atoms with E-state index in [1.54, 1.807) is 44.2 Å². The summed E-state index contributed by atoms with van der Waals surface area (Å²) in [7, 11) is 0. The first kappa shape index (κ1) is 12.0. The van der Waals surface area contributed by atoms with Crippen molar-refractivity contribution in [1.29, 1.82) is 0 Å². The molecule has 0 aliphatic carbocycles. The van der Waals surface area contributed by atoms with Crippen molar-refractivity contribution in [3.05, 3.63) is 47.2 Å². The molecule has 4 heteroatoms. The van der Waals surface area contributed by atoms with Crippen LogP contribution in [0, 0.1) is 0 Å². The van der Waals surface area contributed by atoms with Gasteiger partial charge >= 0.3 is 0 Å². The van der Waals surface area contributed by atoms with Gasteiger partial charge in [0, 0.05) is 5.56 Å². The van der Waals surface area contributed by atoms with E-state index in [4.69, 9.17) is 0 Å². The molecule has 0 unspecified atom stereocenters. The zero-order chi connectivity index (χ0) is 12.1. The molecule has 0 atom stereocenters. The summed E-state index contributed by atoms with van der Waals surface area (Å²) in [6, 6.07) is 8.39. The molecule has 84 valence electrons. The Kier molecular flexibility index (Phi) is 3.83. The number of carbonyl (C=O) groups is 2. The van der Waals surface area contributed by atoms with Gasteiger partial charge in [-0.1, -0.05) is 23.8 Å². The number of nitrogens with one attached hydrogen (secondary N) is 1. The Labute approximate surface area is 93.6 Å². The van der Waals surface area contributed by atoms with E-state index < -0.39 is 11.9 Å². The molecule has 1 N–H and O–H groups in total. The van der Waals surface area contributed by atoms with Gasteiger partial charge < -0.3 is 15.2 Å². The maximum Gasteiger partial charge on any atom is 0.255 e. The summed E-state index contributed by atoms with van der Waals surface area (Å²) < 4.78 is 0. The van der Waals surface area contributed by atoms with Gasteiger partial charge in [0.1, 0.15) is 0 Å². The summed E-state index contributed by atoms with van der Waals surface area (Å²) in [5, 5.41) is 13.0. The van der Waals surface area contributed by atoms with Crippen LogP contribution in [0.25, 0.3) is 0 Å². The highest BCUT2D eigenvalue weighted by atomic mass is 16.4. The van der Waals surface area contributed by atoms with E-state index in [-0.39, 0.29) is 5.70 Å². The van der Waals surface area contributed by atoms with E-state index in [0.29, 0.717) is 11.1 Å². The fourth-order valence-electron chi connectivity index (χ4n) is 1.16. The van der Waals surface area contributed by atoms with Crippen LogP contribution in [-0.2, 0) is 4.79 Å². The smallest absolute Gasteiger partial charge is 0.255 e. The van der Waals surface area contributed by atoms with Crippen molar-refractivity contribution in [2.24, 2.45) is 0 Å². The molecular formula is C12H12NO3-. The quantitative estimate of drug-likeness (QED) is 0.749. The van der Waals surface area contributed by atoms with Gasteiger partial charge in [-0.15, -0.1) is 0 Å². The molecule has 1 rings (SSSR count). The highest BCUT2D eigenvalue weighted by molar-refractivity contribution is 6.00. The number of rotatable bonds is 3. The highest BCUT2D eigenvalue weighted by Crippen LogP contribution is 2.03. The molecule has 0 aliphatic heterocycles. The van der Waals surface area contributed by atoms with Crippen molar-refractivity contribution < 1.29 is 14.7 Å². The number of hydrogen-bond acceptors (Lipinski definition) is 3. The zero-order valence-corrected chi connectivity index (χ0v) is 9.11. The molecule has 0 saturated carbocycles.